The van der Waals surface area contributed by atoms with E-state index in [9.17, 15) is 9.90 Å². The van der Waals surface area contributed by atoms with E-state index >= 15 is 0 Å². The minimum Gasteiger partial charge on any atom is -0.391 e. The molecule has 0 rings (SSSR count). The lowest BCUT2D eigenvalue weighted by molar-refractivity contribution is -0.124. The van der Waals surface area contributed by atoms with Gasteiger partial charge in [-0.2, -0.15) is 0 Å². The molecule has 0 bridgehead atoms. The summed E-state index contributed by atoms with van der Waals surface area (Å²) in [6.45, 7) is 4.69. The molecule has 0 radical (unpaired) electrons. The lowest BCUT2D eigenvalue weighted by Crippen LogP contribution is -2.38. The second kappa shape index (κ2) is 9.39. The summed E-state index contributed by atoms with van der Waals surface area (Å²) in [6, 6.07) is 0. The van der Waals surface area contributed by atoms with Crippen LogP contribution < -0.4 is 11.1 Å². The number of aliphatic hydroxyl groups is 1. The van der Waals surface area contributed by atoms with Crippen LogP contribution in [-0.2, 0) is 9.53 Å². The molecule has 0 aliphatic rings. The highest BCUT2D eigenvalue weighted by atomic mass is 16.5. The number of rotatable bonds is 9. The summed E-state index contributed by atoms with van der Waals surface area (Å²) in [4.78, 5) is 11.5. The number of methoxy groups -OCH3 is 1. The van der Waals surface area contributed by atoms with E-state index in [4.69, 9.17) is 10.5 Å². The predicted molar refractivity (Wildman–Crippen MR) is 67.6 cm³/mol. The predicted octanol–water partition coefficient (Wildman–Crippen LogP) is 0.264. The van der Waals surface area contributed by atoms with Gasteiger partial charge >= 0.3 is 0 Å². The Morgan fingerprint density at radius 2 is 2.00 bits per heavy atom. The first kappa shape index (κ1) is 16.4. The first-order chi connectivity index (χ1) is 8.08. The normalized spacial score (nSPS) is 14.7. The average molecular weight is 246 g/mol. The molecule has 1 amide bonds. The van der Waals surface area contributed by atoms with Crippen LogP contribution >= 0.6 is 0 Å². The van der Waals surface area contributed by atoms with Gasteiger partial charge in [0.2, 0.25) is 5.91 Å². The van der Waals surface area contributed by atoms with Crippen LogP contribution in [0.3, 0.4) is 0 Å². The maximum absolute atomic E-state index is 11.5. The van der Waals surface area contributed by atoms with Gasteiger partial charge in [-0.15, -0.1) is 0 Å². The fourth-order valence-corrected chi connectivity index (χ4v) is 1.76. The van der Waals surface area contributed by atoms with E-state index in [1.807, 2.05) is 13.8 Å². The highest BCUT2D eigenvalue weighted by molar-refractivity contribution is 5.76. The molecule has 2 unspecified atom stereocenters. The van der Waals surface area contributed by atoms with Crippen molar-refractivity contribution in [3.8, 4) is 0 Å². The van der Waals surface area contributed by atoms with Crippen LogP contribution in [0, 0.1) is 5.92 Å². The molecule has 0 heterocycles. The fourth-order valence-electron chi connectivity index (χ4n) is 1.76. The number of ether oxygens (including phenoxy) is 1. The van der Waals surface area contributed by atoms with Gasteiger partial charge in [0.15, 0.2) is 0 Å². The van der Waals surface area contributed by atoms with Gasteiger partial charge in [0.05, 0.1) is 18.6 Å². The molecule has 0 aromatic heterocycles. The number of amides is 1. The summed E-state index contributed by atoms with van der Waals surface area (Å²) in [5, 5.41) is 12.5. The zero-order valence-corrected chi connectivity index (χ0v) is 11.1. The summed E-state index contributed by atoms with van der Waals surface area (Å²) in [5.41, 5.74) is 5.42. The maximum Gasteiger partial charge on any atom is 0.222 e. The molecule has 2 atom stereocenters. The van der Waals surface area contributed by atoms with Crippen molar-refractivity contribution in [2.75, 3.05) is 20.2 Å². The lowest BCUT2D eigenvalue weighted by Gasteiger charge is -2.21. The van der Waals surface area contributed by atoms with Crippen molar-refractivity contribution >= 4 is 5.91 Å². The van der Waals surface area contributed by atoms with Gasteiger partial charge in [0, 0.05) is 20.2 Å². The summed E-state index contributed by atoms with van der Waals surface area (Å²) < 4.78 is 5.02. The largest absolute Gasteiger partial charge is 0.391 e. The van der Waals surface area contributed by atoms with Crippen molar-refractivity contribution in [2.45, 2.75) is 45.3 Å². The quantitative estimate of drug-likeness (QED) is 0.545. The molecule has 102 valence electrons. The molecule has 0 aromatic rings. The Morgan fingerprint density at radius 3 is 2.41 bits per heavy atom. The van der Waals surface area contributed by atoms with Crippen molar-refractivity contribution in [2.24, 2.45) is 11.7 Å². The topological polar surface area (TPSA) is 84.6 Å². The molecule has 0 fully saturated rings. The zero-order chi connectivity index (χ0) is 13.3. The van der Waals surface area contributed by atoms with Gasteiger partial charge in [-0.1, -0.05) is 26.7 Å². The third-order valence-electron chi connectivity index (χ3n) is 3.11. The molecular formula is C12H26N2O3. The van der Waals surface area contributed by atoms with Crippen molar-refractivity contribution in [3.63, 3.8) is 0 Å². The van der Waals surface area contributed by atoms with E-state index in [2.05, 4.69) is 5.32 Å². The van der Waals surface area contributed by atoms with Gasteiger partial charge in [-0.25, -0.2) is 0 Å². The molecule has 0 aromatic carbocycles. The Balaban J connectivity index is 3.90. The molecule has 0 spiro atoms. The van der Waals surface area contributed by atoms with E-state index in [-0.39, 0.29) is 24.3 Å². The number of hydrogen-bond acceptors (Lipinski definition) is 4. The molecular weight excluding hydrogens is 220 g/mol. The van der Waals surface area contributed by atoms with Gasteiger partial charge < -0.3 is 20.9 Å². The lowest BCUT2D eigenvalue weighted by atomic mass is 9.96. The summed E-state index contributed by atoms with van der Waals surface area (Å²) in [6.07, 6.45) is 1.34. The summed E-state index contributed by atoms with van der Waals surface area (Å²) in [7, 11) is 1.53. The van der Waals surface area contributed by atoms with Gasteiger partial charge in [-0.05, 0) is 5.92 Å². The standard InChI is InChI=1S/C12H26N2O3/c1-4-9(5-2)11(15)8-14-12(16)6-10(7-13)17-3/h9-11,15H,4-8,13H2,1-3H3,(H,14,16). The minimum absolute atomic E-state index is 0.132. The van der Waals surface area contributed by atoms with E-state index in [1.54, 1.807) is 0 Å². The van der Waals surface area contributed by atoms with Crippen LogP contribution in [0.25, 0.3) is 0 Å². The Hall–Kier alpha value is -0.650. The average Bonchev–Trinajstić information content (AvgIpc) is 2.34. The number of hydrogen-bond donors (Lipinski definition) is 3. The third-order valence-corrected chi connectivity index (χ3v) is 3.11. The van der Waals surface area contributed by atoms with Gasteiger partial charge in [0.1, 0.15) is 0 Å². The number of carbonyl (C=O) groups excluding carboxylic acids is 1. The number of nitrogens with two attached hydrogens (primary N) is 1. The highest BCUT2D eigenvalue weighted by Crippen LogP contribution is 2.12. The monoisotopic (exact) mass is 246 g/mol. The van der Waals surface area contributed by atoms with Gasteiger partial charge in [-0.3, -0.25) is 4.79 Å². The number of nitrogens with one attached hydrogen (secondary N) is 1. The summed E-state index contributed by atoms with van der Waals surface area (Å²) in [5.74, 6) is 0.107. The molecule has 0 saturated carbocycles. The first-order valence-electron chi connectivity index (χ1n) is 6.26. The molecule has 0 aliphatic heterocycles. The van der Waals surface area contributed by atoms with Crippen LogP contribution in [0.4, 0.5) is 0 Å². The number of aliphatic hydroxyl groups excluding tert-OH is 1. The molecule has 5 heteroatoms. The van der Waals surface area contributed by atoms with Gasteiger partial charge in [0.25, 0.3) is 0 Å². The minimum atomic E-state index is -0.479. The van der Waals surface area contributed by atoms with Crippen LogP contribution in [-0.4, -0.2) is 43.4 Å². The molecule has 5 nitrogen and oxygen atoms in total. The van der Waals surface area contributed by atoms with Crippen molar-refractivity contribution < 1.29 is 14.6 Å². The van der Waals surface area contributed by atoms with Crippen LogP contribution in [0.2, 0.25) is 0 Å². The van der Waals surface area contributed by atoms with E-state index in [0.717, 1.165) is 12.8 Å². The van der Waals surface area contributed by atoms with Crippen molar-refractivity contribution in [3.05, 3.63) is 0 Å². The zero-order valence-electron chi connectivity index (χ0n) is 11.1. The van der Waals surface area contributed by atoms with Crippen LogP contribution in [0.5, 0.6) is 0 Å². The van der Waals surface area contributed by atoms with Crippen LogP contribution in [0.15, 0.2) is 0 Å². The highest BCUT2D eigenvalue weighted by Gasteiger charge is 2.17. The Kier molecular flexibility index (Phi) is 9.03. The van der Waals surface area contributed by atoms with Crippen molar-refractivity contribution in [1.82, 2.24) is 5.32 Å². The van der Waals surface area contributed by atoms with E-state index < -0.39 is 6.10 Å². The number of carbonyl (C=O) groups is 1. The second-order valence-electron chi connectivity index (χ2n) is 4.25. The third kappa shape index (κ3) is 6.61. The molecule has 4 N–H and O–H groups in total. The molecule has 0 saturated heterocycles. The van der Waals surface area contributed by atoms with Crippen molar-refractivity contribution in [1.29, 1.82) is 0 Å². The Bertz CT molecular complexity index is 204. The van der Waals surface area contributed by atoms with Crippen LogP contribution in [0.1, 0.15) is 33.1 Å². The SMILES string of the molecule is CCC(CC)C(O)CNC(=O)CC(CN)OC. The first-order valence-corrected chi connectivity index (χ1v) is 6.26. The fraction of sp³-hybridized carbons (Fsp3) is 0.917. The second-order valence-corrected chi connectivity index (χ2v) is 4.25. The molecule has 0 aliphatic carbocycles. The Labute approximate surface area is 104 Å². The maximum atomic E-state index is 11.5. The summed E-state index contributed by atoms with van der Waals surface area (Å²) >= 11 is 0. The smallest absolute Gasteiger partial charge is 0.222 e. The molecule has 17 heavy (non-hydrogen) atoms. The Morgan fingerprint density at radius 1 is 1.41 bits per heavy atom. The van der Waals surface area contributed by atoms with E-state index in [1.165, 1.54) is 7.11 Å². The van der Waals surface area contributed by atoms with E-state index in [0.29, 0.717) is 13.1 Å².